The van der Waals surface area contributed by atoms with E-state index in [1.165, 1.54) is 30.4 Å². The molecule has 5 nitrogen and oxygen atoms in total. The maximum absolute atomic E-state index is 13.6. The Hall–Kier alpha value is 0.0600. The van der Waals surface area contributed by atoms with E-state index in [4.69, 9.17) is 13.8 Å². The highest BCUT2D eigenvalue weighted by molar-refractivity contribution is 8.25. The van der Waals surface area contributed by atoms with Gasteiger partial charge in [0.25, 0.3) is 0 Å². The third-order valence-corrected chi connectivity index (χ3v) is 10.1. The Morgan fingerprint density at radius 1 is 1.32 bits per heavy atom. The molecule has 0 aliphatic carbocycles. The molecule has 128 valence electrons. The van der Waals surface area contributed by atoms with E-state index in [1.807, 2.05) is 40.0 Å². The van der Waals surface area contributed by atoms with Gasteiger partial charge in [-0.1, -0.05) is 6.08 Å². The van der Waals surface area contributed by atoms with Gasteiger partial charge in [0.15, 0.2) is 6.10 Å². The number of hydrogen-bond donors (Lipinski definition) is 0. The van der Waals surface area contributed by atoms with Crippen molar-refractivity contribution in [3.05, 3.63) is 12.2 Å². The summed E-state index contributed by atoms with van der Waals surface area (Å²) in [5.41, 5.74) is 0. The second-order valence-electron chi connectivity index (χ2n) is 5.41. The highest BCUT2D eigenvalue weighted by Crippen LogP contribution is 2.72. The lowest BCUT2D eigenvalue weighted by atomic mass is 10.3. The average Bonchev–Trinajstić information content (AvgIpc) is 2.36. The van der Waals surface area contributed by atoms with E-state index in [2.05, 4.69) is 0 Å². The number of ether oxygens (including phenoxy) is 1. The smallest absolute Gasteiger partial charge is 0.361 e. The highest BCUT2D eigenvalue weighted by atomic mass is 32.2. The molecule has 1 aliphatic rings. The molecule has 0 amide bonds. The Morgan fingerprint density at radius 3 is 2.27 bits per heavy atom. The van der Waals surface area contributed by atoms with Crippen molar-refractivity contribution in [3.8, 4) is 0 Å². The molecule has 0 N–H and O–H groups in total. The van der Waals surface area contributed by atoms with Crippen molar-refractivity contribution in [2.24, 2.45) is 0 Å². The zero-order valence-corrected chi connectivity index (χ0v) is 16.4. The minimum Gasteiger partial charge on any atom is -0.455 e. The predicted molar refractivity (Wildman–Crippen MR) is 93.4 cm³/mol. The van der Waals surface area contributed by atoms with Crippen LogP contribution in [0.25, 0.3) is 0 Å². The molecule has 0 saturated heterocycles. The van der Waals surface area contributed by atoms with Crippen molar-refractivity contribution in [1.82, 2.24) is 0 Å². The van der Waals surface area contributed by atoms with Gasteiger partial charge in [-0.2, -0.15) is 0 Å². The van der Waals surface area contributed by atoms with Crippen molar-refractivity contribution < 1.29 is 23.1 Å². The molecule has 0 bridgehead atoms. The van der Waals surface area contributed by atoms with Gasteiger partial charge in [0, 0.05) is 12.7 Å². The summed E-state index contributed by atoms with van der Waals surface area (Å²) < 4.78 is 29.6. The summed E-state index contributed by atoms with van der Waals surface area (Å²) in [5, 5.41) is 0. The summed E-state index contributed by atoms with van der Waals surface area (Å²) in [6.45, 7) is 8.60. The van der Waals surface area contributed by atoms with Gasteiger partial charge in [-0.05, 0) is 40.0 Å². The van der Waals surface area contributed by atoms with E-state index >= 15 is 0 Å². The minimum absolute atomic E-state index is 0.266. The molecule has 0 spiro atoms. The summed E-state index contributed by atoms with van der Waals surface area (Å²) in [4.78, 5) is 11.4. The normalized spacial score (nSPS) is 25.7. The average molecular weight is 368 g/mol. The number of esters is 1. The predicted octanol–water partition coefficient (Wildman–Crippen LogP) is 4.28. The molecular formula is C14H25O5PS2. The van der Waals surface area contributed by atoms with Crippen LogP contribution in [0, 0.1) is 0 Å². The monoisotopic (exact) mass is 368 g/mol. The molecule has 2 atom stereocenters. The fourth-order valence-corrected chi connectivity index (χ4v) is 8.03. The van der Waals surface area contributed by atoms with Crippen LogP contribution in [0.5, 0.6) is 0 Å². The number of hydrogen-bond acceptors (Lipinski definition) is 7. The van der Waals surface area contributed by atoms with Crippen molar-refractivity contribution in [3.63, 3.8) is 0 Å². The standard InChI is InChI=1S/C14H25O5PS2/c1-10(2)18-20(16,19-11(3)4)14(21-6)13(17-12(5)15)8-7-9-22-14/h7-8,10-11,13H,9H2,1-6H3/t13-,14-/m0/s1. The molecule has 22 heavy (non-hydrogen) atoms. The van der Waals surface area contributed by atoms with E-state index < -0.39 is 23.5 Å². The minimum atomic E-state index is -3.55. The Morgan fingerprint density at radius 2 is 1.86 bits per heavy atom. The SMILES string of the molecule is CS[C@]1(P(=O)(OC(C)C)OC(C)C)SCC=C[C@@H]1OC(C)=O. The van der Waals surface area contributed by atoms with Gasteiger partial charge in [0.2, 0.25) is 3.82 Å². The third kappa shape index (κ3) is 4.54. The van der Waals surface area contributed by atoms with Crippen molar-refractivity contribution >= 4 is 37.1 Å². The second kappa shape index (κ2) is 8.25. The second-order valence-corrected chi connectivity index (χ2v) is 10.7. The first kappa shape index (κ1) is 20.1. The number of thioether (sulfide) groups is 2. The number of rotatable bonds is 7. The van der Waals surface area contributed by atoms with Crippen LogP contribution in [0.15, 0.2) is 12.2 Å². The highest BCUT2D eigenvalue weighted by Gasteiger charge is 2.59. The third-order valence-electron chi connectivity index (χ3n) is 2.72. The van der Waals surface area contributed by atoms with Crippen molar-refractivity contribution in [2.45, 2.75) is 56.8 Å². The number of carbonyl (C=O) groups excluding carboxylic acids is 1. The molecular weight excluding hydrogens is 343 g/mol. The fraction of sp³-hybridized carbons (Fsp3) is 0.786. The molecule has 0 saturated carbocycles. The van der Waals surface area contributed by atoms with Crippen LogP contribution in [0.3, 0.4) is 0 Å². The quantitative estimate of drug-likeness (QED) is 0.377. The zero-order valence-electron chi connectivity index (χ0n) is 13.9. The first-order valence-corrected chi connectivity index (χ1v) is 10.9. The molecule has 0 aromatic heterocycles. The van der Waals surface area contributed by atoms with Gasteiger partial charge in [-0.15, -0.1) is 23.5 Å². The molecule has 0 aromatic rings. The van der Waals surface area contributed by atoms with Gasteiger partial charge in [0.05, 0.1) is 12.2 Å². The van der Waals surface area contributed by atoms with E-state index in [-0.39, 0.29) is 12.2 Å². The first-order valence-electron chi connectivity index (χ1n) is 7.16. The molecule has 0 radical (unpaired) electrons. The van der Waals surface area contributed by atoms with Gasteiger partial charge in [-0.3, -0.25) is 9.36 Å². The largest absolute Gasteiger partial charge is 0.455 e. The van der Waals surface area contributed by atoms with Crippen LogP contribution in [-0.4, -0.2) is 40.1 Å². The van der Waals surface area contributed by atoms with Gasteiger partial charge in [0.1, 0.15) is 0 Å². The molecule has 1 aliphatic heterocycles. The first-order chi connectivity index (χ1) is 10.2. The lowest BCUT2D eigenvalue weighted by Crippen LogP contribution is -2.41. The Kier molecular flexibility index (Phi) is 7.53. The van der Waals surface area contributed by atoms with Crippen LogP contribution in [0.4, 0.5) is 0 Å². The summed E-state index contributed by atoms with van der Waals surface area (Å²) in [6, 6.07) is 0. The summed E-state index contributed by atoms with van der Waals surface area (Å²) in [6.07, 6.45) is 4.32. The molecule has 8 heteroatoms. The van der Waals surface area contributed by atoms with Crippen LogP contribution >= 0.6 is 31.1 Å². The van der Waals surface area contributed by atoms with Crippen LogP contribution < -0.4 is 0 Å². The van der Waals surface area contributed by atoms with E-state index in [0.29, 0.717) is 5.75 Å². The Bertz CT molecular complexity index is 452. The maximum atomic E-state index is 13.6. The Labute approximate surface area is 141 Å². The van der Waals surface area contributed by atoms with Crippen LogP contribution in [0.1, 0.15) is 34.6 Å². The molecule has 0 fully saturated rings. The summed E-state index contributed by atoms with van der Waals surface area (Å²) in [5.74, 6) is 0.238. The van der Waals surface area contributed by atoms with Gasteiger partial charge < -0.3 is 13.8 Å². The summed E-state index contributed by atoms with van der Waals surface area (Å²) in [7, 11) is -3.55. The molecule has 1 heterocycles. The maximum Gasteiger partial charge on any atom is 0.361 e. The van der Waals surface area contributed by atoms with E-state index in [0.717, 1.165) is 0 Å². The van der Waals surface area contributed by atoms with Gasteiger partial charge >= 0.3 is 13.6 Å². The lowest BCUT2D eigenvalue weighted by Gasteiger charge is -2.43. The van der Waals surface area contributed by atoms with Crippen molar-refractivity contribution in [2.75, 3.05) is 12.0 Å². The Balaban J connectivity index is 3.31. The fourth-order valence-electron chi connectivity index (χ4n) is 2.09. The topological polar surface area (TPSA) is 61.8 Å². The number of carbonyl (C=O) groups is 1. The molecule has 0 aromatic carbocycles. The van der Waals surface area contributed by atoms with Crippen LogP contribution in [0.2, 0.25) is 0 Å². The molecule has 1 rings (SSSR count). The van der Waals surface area contributed by atoms with E-state index in [9.17, 15) is 9.36 Å². The van der Waals surface area contributed by atoms with E-state index in [1.54, 1.807) is 6.08 Å². The van der Waals surface area contributed by atoms with Crippen molar-refractivity contribution in [1.29, 1.82) is 0 Å². The van der Waals surface area contributed by atoms with Gasteiger partial charge in [-0.25, -0.2) is 0 Å². The molecule has 0 unspecified atom stereocenters. The lowest BCUT2D eigenvalue weighted by molar-refractivity contribution is -0.144. The zero-order chi connectivity index (χ0) is 17.0. The van der Waals surface area contributed by atoms with Crippen LogP contribution in [-0.2, 0) is 23.1 Å². The summed E-state index contributed by atoms with van der Waals surface area (Å²) >= 11 is 2.79.